The largest absolute Gasteiger partial charge is 0.573 e. The zero-order valence-corrected chi connectivity index (χ0v) is 14.8. The van der Waals surface area contributed by atoms with Gasteiger partial charge in [0.2, 0.25) is 11.8 Å². The summed E-state index contributed by atoms with van der Waals surface area (Å²) in [7, 11) is 0. The van der Waals surface area contributed by atoms with Gasteiger partial charge in [0, 0.05) is 13.0 Å². The maximum atomic E-state index is 12.2. The standard InChI is InChI=1S/C18H13F3N4O4/c1-10-23-24-17(26-10)14-7-6-13(9-22-14)27-16-8-15(29-25-16)11-2-4-12(5-3-11)28-18(19,20)21/h2-9,15,25H,1H3/t15-/m1/s1. The van der Waals surface area contributed by atoms with E-state index in [1.165, 1.54) is 30.5 Å². The fraction of sp³-hybridized carbons (Fsp3) is 0.167. The maximum Gasteiger partial charge on any atom is 0.573 e. The van der Waals surface area contributed by atoms with Crippen molar-refractivity contribution in [1.82, 2.24) is 20.7 Å². The van der Waals surface area contributed by atoms with Crippen LogP contribution in [0.1, 0.15) is 17.6 Å². The number of nitrogens with zero attached hydrogens (tertiary/aromatic N) is 3. The van der Waals surface area contributed by atoms with Crippen LogP contribution in [-0.2, 0) is 4.84 Å². The van der Waals surface area contributed by atoms with Crippen LogP contribution >= 0.6 is 0 Å². The van der Waals surface area contributed by atoms with E-state index in [4.69, 9.17) is 14.0 Å². The van der Waals surface area contributed by atoms with Gasteiger partial charge in [-0.1, -0.05) is 12.1 Å². The molecule has 1 aromatic carbocycles. The van der Waals surface area contributed by atoms with Gasteiger partial charge >= 0.3 is 6.36 Å². The molecule has 4 rings (SSSR count). The summed E-state index contributed by atoms with van der Waals surface area (Å²) >= 11 is 0. The fourth-order valence-electron chi connectivity index (χ4n) is 2.50. The Morgan fingerprint density at radius 3 is 2.41 bits per heavy atom. The zero-order chi connectivity index (χ0) is 20.4. The van der Waals surface area contributed by atoms with Gasteiger partial charge in [-0.3, -0.25) is 4.84 Å². The van der Waals surface area contributed by atoms with E-state index in [0.717, 1.165) is 0 Å². The maximum absolute atomic E-state index is 12.2. The molecule has 0 saturated carbocycles. The van der Waals surface area contributed by atoms with Crippen LogP contribution in [0.5, 0.6) is 11.5 Å². The second kappa shape index (κ2) is 7.43. The third-order valence-corrected chi connectivity index (χ3v) is 3.74. The minimum atomic E-state index is -4.74. The highest BCUT2D eigenvalue weighted by Gasteiger charge is 2.31. The van der Waals surface area contributed by atoms with Crippen LogP contribution in [0.15, 0.2) is 59.0 Å². The molecule has 8 nitrogen and oxygen atoms in total. The zero-order valence-electron chi connectivity index (χ0n) is 14.8. The van der Waals surface area contributed by atoms with Crippen molar-refractivity contribution in [1.29, 1.82) is 0 Å². The van der Waals surface area contributed by atoms with Crippen molar-refractivity contribution in [3.63, 3.8) is 0 Å². The van der Waals surface area contributed by atoms with E-state index in [1.54, 1.807) is 25.1 Å². The second-order valence-corrected chi connectivity index (χ2v) is 5.90. The highest BCUT2D eigenvalue weighted by Crippen LogP contribution is 2.29. The van der Waals surface area contributed by atoms with Crippen molar-refractivity contribution >= 4 is 0 Å². The number of halogens is 3. The van der Waals surface area contributed by atoms with Crippen LogP contribution in [0.25, 0.3) is 11.6 Å². The van der Waals surface area contributed by atoms with Crippen LogP contribution in [0.3, 0.4) is 0 Å². The van der Waals surface area contributed by atoms with Crippen molar-refractivity contribution in [2.24, 2.45) is 0 Å². The molecule has 0 fully saturated rings. The average Bonchev–Trinajstić information content (AvgIpc) is 3.31. The molecule has 0 amide bonds. The minimum Gasteiger partial charge on any atom is -0.438 e. The molecule has 0 spiro atoms. The first-order valence-electron chi connectivity index (χ1n) is 8.29. The first kappa shape index (κ1) is 18.7. The predicted octanol–water partition coefficient (Wildman–Crippen LogP) is 3.83. The van der Waals surface area contributed by atoms with Crippen LogP contribution in [0, 0.1) is 6.92 Å². The van der Waals surface area contributed by atoms with E-state index in [2.05, 4.69) is 25.4 Å². The number of aromatic nitrogens is 3. The fourth-order valence-corrected chi connectivity index (χ4v) is 2.50. The highest BCUT2D eigenvalue weighted by molar-refractivity contribution is 5.47. The molecule has 0 radical (unpaired) electrons. The van der Waals surface area contributed by atoms with Crippen molar-refractivity contribution in [2.45, 2.75) is 19.4 Å². The normalized spacial score (nSPS) is 16.3. The first-order valence-corrected chi connectivity index (χ1v) is 8.29. The highest BCUT2D eigenvalue weighted by atomic mass is 19.4. The molecule has 3 aromatic rings. The van der Waals surface area contributed by atoms with Crippen molar-refractivity contribution < 1.29 is 31.9 Å². The molecule has 1 atom stereocenters. The summed E-state index contributed by atoms with van der Waals surface area (Å²) in [4.78, 5) is 9.57. The average molecular weight is 406 g/mol. The van der Waals surface area contributed by atoms with Crippen molar-refractivity contribution in [2.75, 3.05) is 0 Å². The lowest BCUT2D eigenvalue weighted by Gasteiger charge is -2.11. The Morgan fingerprint density at radius 2 is 1.79 bits per heavy atom. The smallest absolute Gasteiger partial charge is 0.438 e. The Balaban J connectivity index is 1.40. The number of pyridine rings is 1. The molecule has 1 N–H and O–H groups in total. The van der Waals surface area contributed by atoms with E-state index in [1.807, 2.05) is 0 Å². The van der Waals surface area contributed by atoms with E-state index in [9.17, 15) is 13.2 Å². The predicted molar refractivity (Wildman–Crippen MR) is 91.1 cm³/mol. The number of ether oxygens (including phenoxy) is 2. The topological polar surface area (TPSA) is 91.5 Å². The Labute approximate surface area is 161 Å². The van der Waals surface area contributed by atoms with Gasteiger partial charge in [0.1, 0.15) is 23.3 Å². The summed E-state index contributed by atoms with van der Waals surface area (Å²) in [6.07, 6.45) is -2.17. The lowest BCUT2D eigenvalue weighted by atomic mass is 10.1. The van der Waals surface area contributed by atoms with E-state index in [-0.39, 0.29) is 5.75 Å². The number of hydrogen-bond donors (Lipinski definition) is 1. The molecule has 1 aliphatic rings. The Kier molecular flexibility index (Phi) is 4.80. The van der Waals surface area contributed by atoms with Gasteiger partial charge in [-0.25, -0.2) is 10.5 Å². The van der Waals surface area contributed by atoms with Crippen LogP contribution in [0.4, 0.5) is 13.2 Å². The number of nitrogens with one attached hydrogen (secondary N) is 1. The first-order chi connectivity index (χ1) is 13.9. The molecule has 3 heterocycles. The van der Waals surface area contributed by atoms with Crippen LogP contribution in [-0.4, -0.2) is 21.5 Å². The molecule has 1 aliphatic heterocycles. The second-order valence-electron chi connectivity index (χ2n) is 5.90. The molecular formula is C18H13F3N4O4. The number of hydrogen-bond acceptors (Lipinski definition) is 8. The summed E-state index contributed by atoms with van der Waals surface area (Å²) in [5.41, 5.74) is 3.73. The van der Waals surface area contributed by atoms with Gasteiger partial charge in [-0.15, -0.1) is 23.4 Å². The number of benzene rings is 1. The third-order valence-electron chi connectivity index (χ3n) is 3.74. The summed E-state index contributed by atoms with van der Waals surface area (Å²) in [6, 6.07) is 8.68. The molecule has 11 heteroatoms. The third kappa shape index (κ3) is 4.63. The number of rotatable bonds is 5. The van der Waals surface area contributed by atoms with Gasteiger partial charge in [-0.2, -0.15) is 0 Å². The van der Waals surface area contributed by atoms with Crippen LogP contribution < -0.4 is 15.0 Å². The minimum absolute atomic E-state index is 0.300. The van der Waals surface area contributed by atoms with Crippen LogP contribution in [0.2, 0.25) is 0 Å². The number of alkyl halides is 3. The molecule has 29 heavy (non-hydrogen) atoms. The monoisotopic (exact) mass is 406 g/mol. The van der Waals surface area contributed by atoms with Crippen molar-refractivity contribution in [3.05, 3.63) is 66.0 Å². The van der Waals surface area contributed by atoms with Crippen molar-refractivity contribution in [3.8, 4) is 23.1 Å². The molecule has 0 bridgehead atoms. The number of aryl methyl sites for hydroxylation is 1. The van der Waals surface area contributed by atoms with Gasteiger partial charge in [0.15, 0.2) is 0 Å². The summed E-state index contributed by atoms with van der Waals surface area (Å²) in [5.74, 6) is 1.17. The molecule has 0 aliphatic carbocycles. The molecule has 2 aromatic heterocycles. The Bertz CT molecular complexity index is 1020. The molecule has 150 valence electrons. The summed E-state index contributed by atoms with van der Waals surface area (Å²) in [6.45, 7) is 1.68. The number of hydroxylamine groups is 1. The van der Waals surface area contributed by atoms with Gasteiger partial charge in [-0.05, 0) is 29.8 Å². The Hall–Kier alpha value is -3.60. The van der Waals surface area contributed by atoms with E-state index < -0.39 is 12.5 Å². The summed E-state index contributed by atoms with van der Waals surface area (Å²) < 4.78 is 51.5. The van der Waals surface area contributed by atoms with E-state index >= 15 is 0 Å². The quantitative estimate of drug-likeness (QED) is 0.684. The summed E-state index contributed by atoms with van der Waals surface area (Å²) in [5, 5.41) is 7.62. The molecular weight excluding hydrogens is 393 g/mol. The van der Waals surface area contributed by atoms with Gasteiger partial charge in [0.05, 0.1) is 6.20 Å². The molecule has 0 unspecified atom stereocenters. The lowest BCUT2D eigenvalue weighted by molar-refractivity contribution is -0.274. The lowest BCUT2D eigenvalue weighted by Crippen LogP contribution is -2.17. The van der Waals surface area contributed by atoms with Gasteiger partial charge in [0.25, 0.3) is 5.89 Å². The Morgan fingerprint density at radius 1 is 1.03 bits per heavy atom. The molecule has 0 saturated heterocycles. The van der Waals surface area contributed by atoms with Gasteiger partial charge < -0.3 is 13.9 Å². The van der Waals surface area contributed by atoms with E-state index in [0.29, 0.717) is 34.7 Å². The SMILES string of the molecule is Cc1nnc(-c2ccc(OC3=C[C@H](c4ccc(OC(F)(F)F)cc4)ON3)cn2)o1.